The van der Waals surface area contributed by atoms with Crippen LogP contribution in [0.3, 0.4) is 0 Å². The Labute approximate surface area is 254 Å². The minimum Gasteiger partial charge on any atom is -0.385 e. The number of fused-ring (bicyclic) bond motifs is 4. The summed E-state index contributed by atoms with van der Waals surface area (Å²) in [5.74, 6) is -2.41. The molecule has 1 saturated heterocycles. The monoisotopic (exact) mass is 624 g/mol. The van der Waals surface area contributed by atoms with Gasteiger partial charge in [0.15, 0.2) is 5.79 Å². The van der Waals surface area contributed by atoms with Crippen molar-refractivity contribution in [2.24, 2.45) is 22.7 Å². The fourth-order valence-corrected chi connectivity index (χ4v) is 9.25. The maximum Gasteiger partial charge on any atom is 0.456 e. The van der Waals surface area contributed by atoms with Gasteiger partial charge in [0.05, 0.1) is 18.8 Å². The van der Waals surface area contributed by atoms with Gasteiger partial charge in [0.25, 0.3) is 0 Å². The third kappa shape index (κ3) is 4.67. The second-order valence-electron chi connectivity index (χ2n) is 14.8. The van der Waals surface area contributed by atoms with Gasteiger partial charge in [-0.2, -0.15) is 22.0 Å². The highest BCUT2D eigenvalue weighted by molar-refractivity contribution is 5.46. The predicted octanol–water partition coefficient (Wildman–Crippen LogP) is 6.25. The largest absolute Gasteiger partial charge is 0.456 e. The number of rotatable bonds is 2. The first-order chi connectivity index (χ1) is 20.4. The van der Waals surface area contributed by atoms with E-state index >= 15 is 8.78 Å². The summed E-state index contributed by atoms with van der Waals surface area (Å²) in [6.45, 7) is 6.15. The van der Waals surface area contributed by atoms with Crippen molar-refractivity contribution in [3.05, 3.63) is 46.5 Å². The van der Waals surface area contributed by atoms with Crippen LogP contribution < -0.4 is 0 Å². The Hall–Kier alpha value is -2.03. The van der Waals surface area contributed by atoms with Crippen molar-refractivity contribution < 1.29 is 46.7 Å². The molecule has 242 valence electrons. The van der Waals surface area contributed by atoms with Crippen LogP contribution in [0.1, 0.15) is 89.2 Å². The van der Waals surface area contributed by atoms with Crippen LogP contribution in [-0.2, 0) is 9.47 Å². The minimum atomic E-state index is -5.90. The molecule has 0 radical (unpaired) electrons. The summed E-state index contributed by atoms with van der Waals surface area (Å²) in [6.07, 6.45) is -4.79. The first-order valence-electron chi connectivity index (χ1n) is 15.5. The molecule has 44 heavy (non-hydrogen) atoms. The molecular weight excluding hydrogens is 583 g/mol. The zero-order chi connectivity index (χ0) is 32.0. The Morgan fingerprint density at radius 3 is 2.20 bits per heavy atom. The third-order valence-electron chi connectivity index (χ3n) is 11.5. The lowest BCUT2D eigenvalue weighted by molar-refractivity contribution is -0.362. The molecule has 5 aliphatic rings. The van der Waals surface area contributed by atoms with E-state index in [1.54, 1.807) is 24.3 Å². The SMILES string of the molecule is CC1(C)COC2(CCC3=C4C(CCC3(O)C2)C2CCC(O)(C(F)(F)C(F)(F)F)[C@@]2(C)C[C@@H]4c2ccc(C#CCO)cc2)OC1. The summed E-state index contributed by atoms with van der Waals surface area (Å²) in [6, 6.07) is 7.02. The number of ether oxygens (including phenoxy) is 2. The summed E-state index contributed by atoms with van der Waals surface area (Å²) < 4.78 is 84.6. The molecule has 6 rings (SSSR count). The summed E-state index contributed by atoms with van der Waals surface area (Å²) in [4.78, 5) is 0. The average Bonchev–Trinajstić information content (AvgIpc) is 3.24. The number of alkyl halides is 5. The second-order valence-corrected chi connectivity index (χ2v) is 14.8. The van der Waals surface area contributed by atoms with Gasteiger partial charge in [-0.05, 0) is 73.6 Å². The Morgan fingerprint density at radius 2 is 1.59 bits per heavy atom. The molecule has 6 atom stereocenters. The maximum absolute atomic E-state index is 15.3. The molecule has 4 aliphatic carbocycles. The summed E-state index contributed by atoms with van der Waals surface area (Å²) >= 11 is 0. The second kappa shape index (κ2) is 10.2. The maximum atomic E-state index is 15.3. The quantitative estimate of drug-likeness (QED) is 0.206. The van der Waals surface area contributed by atoms with E-state index in [1.165, 1.54) is 6.92 Å². The van der Waals surface area contributed by atoms with Gasteiger partial charge in [-0.3, -0.25) is 0 Å². The Kier molecular flexibility index (Phi) is 7.43. The van der Waals surface area contributed by atoms with Gasteiger partial charge in [-0.1, -0.05) is 50.3 Å². The van der Waals surface area contributed by atoms with Crippen molar-refractivity contribution in [3.63, 3.8) is 0 Å². The predicted molar refractivity (Wildman–Crippen MR) is 152 cm³/mol. The van der Waals surface area contributed by atoms with E-state index in [0.717, 1.165) is 11.1 Å². The number of hydrogen-bond acceptors (Lipinski definition) is 5. The first-order valence-corrected chi connectivity index (χ1v) is 15.5. The molecule has 5 nitrogen and oxygen atoms in total. The van der Waals surface area contributed by atoms with E-state index in [1.807, 2.05) is 13.8 Å². The van der Waals surface area contributed by atoms with Crippen molar-refractivity contribution in [1.29, 1.82) is 0 Å². The van der Waals surface area contributed by atoms with Gasteiger partial charge in [0.1, 0.15) is 12.2 Å². The number of halogens is 5. The van der Waals surface area contributed by atoms with Crippen LogP contribution in [0.4, 0.5) is 22.0 Å². The number of allylic oxidation sites excluding steroid dienone is 1. The van der Waals surface area contributed by atoms with Crippen molar-refractivity contribution in [2.45, 2.75) is 107 Å². The van der Waals surface area contributed by atoms with E-state index in [-0.39, 0.29) is 37.2 Å². The highest BCUT2D eigenvalue weighted by atomic mass is 19.4. The molecule has 1 aromatic carbocycles. The van der Waals surface area contributed by atoms with Crippen molar-refractivity contribution in [1.82, 2.24) is 0 Å². The molecule has 3 N–H and O–H groups in total. The summed E-state index contributed by atoms with van der Waals surface area (Å²) in [5.41, 5.74) is -3.41. The highest BCUT2D eigenvalue weighted by Gasteiger charge is 2.79. The van der Waals surface area contributed by atoms with E-state index in [2.05, 4.69) is 11.8 Å². The van der Waals surface area contributed by atoms with Gasteiger partial charge in [0.2, 0.25) is 0 Å². The van der Waals surface area contributed by atoms with Crippen LogP contribution in [0.25, 0.3) is 0 Å². The van der Waals surface area contributed by atoms with Crippen LogP contribution in [0, 0.1) is 34.5 Å². The lowest BCUT2D eigenvalue weighted by Gasteiger charge is -2.59. The molecule has 1 heterocycles. The molecule has 0 aromatic heterocycles. The van der Waals surface area contributed by atoms with E-state index in [4.69, 9.17) is 14.6 Å². The van der Waals surface area contributed by atoms with Gasteiger partial charge in [-0.25, -0.2) is 0 Å². The first kappa shape index (κ1) is 31.9. The normalized spacial score (nSPS) is 37.9. The average molecular weight is 625 g/mol. The molecule has 1 aromatic rings. The Bertz CT molecular complexity index is 1380. The molecule has 1 spiro atoms. The number of hydrogen-bond donors (Lipinski definition) is 3. The van der Waals surface area contributed by atoms with Gasteiger partial charge >= 0.3 is 12.1 Å². The highest BCUT2D eigenvalue weighted by Crippen LogP contribution is 2.71. The Morgan fingerprint density at radius 1 is 0.932 bits per heavy atom. The van der Waals surface area contributed by atoms with Crippen LogP contribution in [0.5, 0.6) is 0 Å². The summed E-state index contributed by atoms with van der Waals surface area (Å²) in [5, 5.41) is 32.8. The van der Waals surface area contributed by atoms with Crippen molar-refractivity contribution in [2.75, 3.05) is 19.8 Å². The fraction of sp³-hybridized carbons (Fsp3) is 0.706. The molecule has 0 bridgehead atoms. The van der Waals surface area contributed by atoms with Crippen molar-refractivity contribution in [3.8, 4) is 11.8 Å². The van der Waals surface area contributed by atoms with E-state index < -0.39 is 52.8 Å². The van der Waals surface area contributed by atoms with Crippen LogP contribution in [0.15, 0.2) is 35.4 Å². The lowest BCUT2D eigenvalue weighted by atomic mass is 9.49. The zero-order valence-corrected chi connectivity index (χ0v) is 25.4. The summed E-state index contributed by atoms with van der Waals surface area (Å²) in [7, 11) is 0. The molecular formula is C34H41F5O5. The number of aliphatic hydroxyl groups is 3. The zero-order valence-electron chi connectivity index (χ0n) is 25.4. The van der Waals surface area contributed by atoms with Gasteiger partial charge < -0.3 is 24.8 Å². The fourth-order valence-electron chi connectivity index (χ4n) is 9.25. The lowest BCUT2D eigenvalue weighted by Crippen LogP contribution is -2.65. The van der Waals surface area contributed by atoms with E-state index in [9.17, 15) is 23.4 Å². The smallest absolute Gasteiger partial charge is 0.385 e. The minimum absolute atomic E-state index is 0.0339. The molecule has 4 unspecified atom stereocenters. The van der Waals surface area contributed by atoms with Gasteiger partial charge in [-0.15, -0.1) is 0 Å². The van der Waals surface area contributed by atoms with E-state index in [0.29, 0.717) is 50.0 Å². The van der Waals surface area contributed by atoms with Crippen molar-refractivity contribution >= 4 is 0 Å². The molecule has 4 fully saturated rings. The molecule has 10 heteroatoms. The Balaban J connectivity index is 1.45. The number of aliphatic hydroxyl groups excluding tert-OH is 1. The van der Waals surface area contributed by atoms with Crippen LogP contribution in [-0.4, -0.2) is 64.2 Å². The van der Waals surface area contributed by atoms with Crippen LogP contribution in [0.2, 0.25) is 0 Å². The topological polar surface area (TPSA) is 79.2 Å². The molecule has 0 amide bonds. The number of benzene rings is 1. The standard InChI is InChI=1S/C34H41F5O5/c1-28(2)19-43-31(44-20-28)14-11-26-27-23(10-13-30(26,41)18-31)25-12-15-32(42,33(35,36)34(37,38)39)29(25,3)17-24(27)22-8-6-21(7-9-22)5-4-16-40/h6-9,23-25,40-42H,10-20H2,1-3H3/t23?,24-,25?,29+,30?,32?/m1/s1. The molecule has 3 saturated carbocycles. The van der Waals surface area contributed by atoms with Gasteiger partial charge in [0, 0.05) is 35.2 Å². The molecule has 1 aliphatic heterocycles. The third-order valence-corrected chi connectivity index (χ3v) is 11.5. The van der Waals surface area contributed by atoms with Crippen LogP contribution >= 0.6 is 0 Å².